The van der Waals surface area contributed by atoms with Gasteiger partial charge in [0.1, 0.15) is 11.5 Å². The normalized spacial score (nSPS) is 11.3. The summed E-state index contributed by atoms with van der Waals surface area (Å²) in [4.78, 5) is 15.1. The number of hydrogen-bond acceptors (Lipinski definition) is 4. The van der Waals surface area contributed by atoms with Gasteiger partial charge in [0, 0.05) is 18.6 Å². The zero-order chi connectivity index (χ0) is 28.3. The molecular weight excluding hydrogens is 567 g/mol. The van der Waals surface area contributed by atoms with Gasteiger partial charge in [0.05, 0.1) is 21.2 Å². The van der Waals surface area contributed by atoms with Crippen LogP contribution in [-0.2, 0) is 16.6 Å². The van der Waals surface area contributed by atoms with Crippen molar-refractivity contribution in [2.24, 2.45) is 0 Å². The van der Waals surface area contributed by atoms with Crippen molar-refractivity contribution < 1.29 is 17.9 Å². The van der Waals surface area contributed by atoms with Crippen molar-refractivity contribution in [3.8, 4) is 11.5 Å². The lowest BCUT2D eigenvalue weighted by atomic mass is 10.0. The van der Waals surface area contributed by atoms with Crippen LogP contribution >= 0.6 is 23.2 Å². The van der Waals surface area contributed by atoms with Gasteiger partial charge in [-0.15, -0.1) is 0 Å². The Kier molecular flexibility index (Phi) is 7.98. The molecule has 0 heterocycles. The number of ether oxygens (including phenoxy) is 1. The van der Waals surface area contributed by atoms with Gasteiger partial charge in [0.2, 0.25) is 0 Å². The number of nitrogens with zero attached hydrogens (tertiary/aromatic N) is 1. The minimum absolute atomic E-state index is 0.00327. The largest absolute Gasteiger partial charge is 0.456 e. The van der Waals surface area contributed by atoms with Crippen LogP contribution in [0.2, 0.25) is 10.0 Å². The molecule has 1 N–H and O–H groups in total. The first-order valence-electron chi connectivity index (χ1n) is 12.3. The summed E-state index contributed by atoms with van der Waals surface area (Å²) >= 11 is 12.4. The molecule has 1 amide bonds. The van der Waals surface area contributed by atoms with Gasteiger partial charge in [0.15, 0.2) is 0 Å². The summed E-state index contributed by atoms with van der Waals surface area (Å²) in [5, 5.41) is 2.86. The van der Waals surface area contributed by atoms with E-state index in [9.17, 15) is 13.2 Å². The number of para-hydroxylation sites is 1. The second kappa shape index (κ2) is 11.6. The number of rotatable bonds is 8. The minimum atomic E-state index is -4.04. The van der Waals surface area contributed by atoms with E-state index in [-0.39, 0.29) is 22.1 Å². The molecule has 0 saturated heterocycles. The Morgan fingerprint density at radius 2 is 1.55 bits per heavy atom. The molecule has 0 atom stereocenters. The number of benzene rings is 5. The Labute approximate surface area is 242 Å². The molecule has 0 aliphatic rings. The van der Waals surface area contributed by atoms with Crippen molar-refractivity contribution >= 4 is 55.6 Å². The van der Waals surface area contributed by atoms with E-state index in [1.807, 2.05) is 42.5 Å². The van der Waals surface area contributed by atoms with Gasteiger partial charge < -0.3 is 9.64 Å². The molecule has 9 heteroatoms. The van der Waals surface area contributed by atoms with E-state index in [1.54, 1.807) is 31.3 Å². The molecule has 0 spiro atoms. The molecule has 0 fully saturated rings. The first kappa shape index (κ1) is 27.5. The molecule has 0 saturated carbocycles. The third kappa shape index (κ3) is 6.07. The van der Waals surface area contributed by atoms with Crippen LogP contribution in [0.25, 0.3) is 10.8 Å². The van der Waals surface area contributed by atoms with Gasteiger partial charge in [0.25, 0.3) is 15.9 Å². The van der Waals surface area contributed by atoms with Crippen LogP contribution in [0.4, 0.5) is 5.69 Å². The average molecular weight is 592 g/mol. The summed E-state index contributed by atoms with van der Waals surface area (Å²) in [5.41, 5.74) is 1.23. The summed E-state index contributed by atoms with van der Waals surface area (Å²) in [6.45, 7) is 0.325. The third-order valence-corrected chi connectivity index (χ3v) is 8.22. The molecule has 40 heavy (non-hydrogen) atoms. The van der Waals surface area contributed by atoms with E-state index >= 15 is 0 Å². The topological polar surface area (TPSA) is 75.7 Å². The van der Waals surface area contributed by atoms with E-state index in [2.05, 4.69) is 4.72 Å². The second-order valence-corrected chi connectivity index (χ2v) is 11.6. The van der Waals surface area contributed by atoms with Crippen LogP contribution < -0.4 is 9.46 Å². The monoisotopic (exact) mass is 590 g/mol. The predicted molar refractivity (Wildman–Crippen MR) is 160 cm³/mol. The number of carbonyl (C=O) groups is 1. The molecule has 0 aliphatic heterocycles. The summed E-state index contributed by atoms with van der Waals surface area (Å²) in [6.07, 6.45) is 0. The highest BCUT2D eigenvalue weighted by molar-refractivity contribution is 7.92. The zero-order valence-electron chi connectivity index (χ0n) is 21.3. The number of anilines is 1. The van der Waals surface area contributed by atoms with Crippen LogP contribution in [0.15, 0.2) is 114 Å². The second-order valence-electron chi connectivity index (χ2n) is 9.10. The van der Waals surface area contributed by atoms with Gasteiger partial charge in [-0.2, -0.15) is 0 Å². The number of sulfonamides is 1. The van der Waals surface area contributed by atoms with Crippen molar-refractivity contribution in [1.82, 2.24) is 4.90 Å². The molecule has 0 radical (unpaired) electrons. The zero-order valence-corrected chi connectivity index (χ0v) is 23.7. The van der Waals surface area contributed by atoms with Crippen molar-refractivity contribution in [1.29, 1.82) is 0 Å². The molecule has 5 aromatic carbocycles. The van der Waals surface area contributed by atoms with Gasteiger partial charge in [-0.25, -0.2) is 8.42 Å². The number of nitrogens with one attached hydrogen (secondary N) is 1. The molecule has 0 aromatic heterocycles. The van der Waals surface area contributed by atoms with Crippen molar-refractivity contribution in [3.63, 3.8) is 0 Å². The Bertz CT molecular complexity index is 1800. The van der Waals surface area contributed by atoms with Gasteiger partial charge in [-0.1, -0.05) is 77.8 Å². The number of fused-ring (bicyclic) bond motifs is 1. The van der Waals surface area contributed by atoms with Crippen LogP contribution in [-0.4, -0.2) is 26.3 Å². The number of halogens is 2. The van der Waals surface area contributed by atoms with Crippen molar-refractivity contribution in [2.45, 2.75) is 11.4 Å². The molecule has 0 aliphatic carbocycles. The maximum Gasteiger partial charge on any atom is 0.261 e. The Balaban J connectivity index is 1.36. The fourth-order valence-corrected chi connectivity index (χ4v) is 5.72. The van der Waals surface area contributed by atoms with Crippen LogP contribution in [0.5, 0.6) is 11.5 Å². The predicted octanol–water partition coefficient (Wildman–Crippen LogP) is 8.01. The molecule has 0 bridgehead atoms. The van der Waals surface area contributed by atoms with Gasteiger partial charge >= 0.3 is 0 Å². The lowest BCUT2D eigenvalue weighted by Gasteiger charge is -2.21. The fourth-order valence-electron chi connectivity index (χ4n) is 4.29. The van der Waals surface area contributed by atoms with E-state index in [4.69, 9.17) is 27.9 Å². The quantitative estimate of drug-likeness (QED) is 0.198. The van der Waals surface area contributed by atoms with Crippen LogP contribution in [0.3, 0.4) is 0 Å². The highest BCUT2D eigenvalue weighted by Gasteiger charge is 2.22. The lowest BCUT2D eigenvalue weighted by molar-refractivity contribution is 0.0786. The molecular formula is C31H24Cl2N2O4S. The smallest absolute Gasteiger partial charge is 0.261 e. The highest BCUT2D eigenvalue weighted by atomic mass is 35.5. The Morgan fingerprint density at radius 3 is 2.33 bits per heavy atom. The molecule has 202 valence electrons. The first-order chi connectivity index (χ1) is 19.2. The first-order valence-corrected chi connectivity index (χ1v) is 14.5. The molecule has 0 unspecified atom stereocenters. The fraction of sp³-hybridized carbons (Fsp3) is 0.0645. The third-order valence-electron chi connectivity index (χ3n) is 6.29. The van der Waals surface area contributed by atoms with E-state index in [0.29, 0.717) is 28.1 Å². The van der Waals surface area contributed by atoms with E-state index in [0.717, 1.165) is 16.3 Å². The van der Waals surface area contributed by atoms with Gasteiger partial charge in [-0.05, 0) is 70.9 Å². The number of hydrogen-bond donors (Lipinski definition) is 1. The number of carbonyl (C=O) groups excluding carboxylic acids is 1. The Hall–Kier alpha value is -4.04. The minimum Gasteiger partial charge on any atom is -0.456 e. The lowest BCUT2D eigenvalue weighted by Crippen LogP contribution is -2.27. The van der Waals surface area contributed by atoms with Crippen molar-refractivity contribution in [3.05, 3.63) is 130 Å². The maximum atomic E-state index is 13.5. The van der Waals surface area contributed by atoms with Crippen LogP contribution in [0, 0.1) is 0 Å². The maximum absolute atomic E-state index is 13.5. The van der Waals surface area contributed by atoms with Gasteiger partial charge in [-0.3, -0.25) is 9.52 Å². The SMILES string of the molecule is CN(Cc1cccc2ccccc12)C(=O)c1cc(Cl)ccc1NS(=O)(=O)c1ccc(Oc2ccccc2Cl)cc1. The van der Waals surface area contributed by atoms with Crippen LogP contribution in [0.1, 0.15) is 15.9 Å². The van der Waals surface area contributed by atoms with Crippen molar-refractivity contribution in [2.75, 3.05) is 11.8 Å². The van der Waals surface area contributed by atoms with E-state index < -0.39 is 10.0 Å². The average Bonchev–Trinajstić information content (AvgIpc) is 2.95. The summed E-state index contributed by atoms with van der Waals surface area (Å²) in [7, 11) is -2.37. The summed E-state index contributed by atoms with van der Waals surface area (Å²) in [6, 6.07) is 31.2. The number of amides is 1. The molecule has 5 rings (SSSR count). The van der Waals surface area contributed by atoms with E-state index in [1.165, 1.54) is 47.4 Å². The molecule has 6 nitrogen and oxygen atoms in total. The summed E-state index contributed by atoms with van der Waals surface area (Å²) in [5.74, 6) is 0.496. The Morgan fingerprint density at radius 1 is 0.850 bits per heavy atom. The standard InChI is InChI=1S/C31H24Cl2N2O4S/c1-35(20-22-9-6-8-21-7-2-3-10-26(21)22)31(36)27-19-23(32)13-18-29(27)34-40(37,38)25-16-14-24(15-17-25)39-30-12-5-4-11-28(30)33/h2-19,34H,20H2,1H3. The molecule has 5 aromatic rings. The summed E-state index contributed by atoms with van der Waals surface area (Å²) < 4.78 is 34.8. The highest BCUT2D eigenvalue weighted by Crippen LogP contribution is 2.30.